The number of rotatable bonds is 10. The maximum Gasteiger partial charge on any atom is 0.191 e. The highest BCUT2D eigenvalue weighted by Crippen LogP contribution is 2.24. The van der Waals surface area contributed by atoms with E-state index in [1.165, 1.54) is 0 Å². The summed E-state index contributed by atoms with van der Waals surface area (Å²) in [7, 11) is 1.68. The third-order valence-electron chi connectivity index (χ3n) is 4.06. The number of hydrogen-bond donors (Lipinski definition) is 2. The van der Waals surface area contributed by atoms with Crippen LogP contribution in [-0.2, 0) is 17.9 Å². The first kappa shape index (κ1) is 20.8. The topological polar surface area (TPSA) is 80.9 Å². The molecule has 0 unspecified atom stereocenters. The van der Waals surface area contributed by atoms with Crippen LogP contribution in [0.15, 0.2) is 34.0 Å². The van der Waals surface area contributed by atoms with Crippen molar-refractivity contribution < 1.29 is 13.9 Å². The fourth-order valence-electron chi connectivity index (χ4n) is 2.67. The molecule has 2 heterocycles. The van der Waals surface area contributed by atoms with Gasteiger partial charge in [-0.1, -0.05) is 0 Å². The first-order valence-electron chi connectivity index (χ1n) is 9.27. The van der Waals surface area contributed by atoms with Gasteiger partial charge in [0.05, 0.1) is 25.6 Å². The normalized spacial score (nSPS) is 11.5. The van der Waals surface area contributed by atoms with Crippen LogP contribution >= 0.6 is 0 Å². The maximum atomic E-state index is 5.58. The van der Waals surface area contributed by atoms with Crippen LogP contribution in [0, 0.1) is 13.8 Å². The Morgan fingerprint density at radius 3 is 2.85 bits per heavy atom. The van der Waals surface area contributed by atoms with Crippen molar-refractivity contribution in [2.45, 2.75) is 40.3 Å². The van der Waals surface area contributed by atoms with Gasteiger partial charge in [-0.05, 0) is 39.3 Å². The smallest absolute Gasteiger partial charge is 0.191 e. The number of aliphatic imine (C=N–C) groups is 1. The molecule has 0 atom stereocenters. The molecule has 0 saturated carbocycles. The van der Waals surface area contributed by atoms with Crippen LogP contribution in [0.1, 0.15) is 35.9 Å². The highest BCUT2D eigenvalue weighted by Gasteiger charge is 2.09. The molecule has 148 valence electrons. The summed E-state index contributed by atoms with van der Waals surface area (Å²) >= 11 is 0. The molecule has 0 aromatic carbocycles. The second kappa shape index (κ2) is 11.2. The predicted molar refractivity (Wildman–Crippen MR) is 106 cm³/mol. The molecule has 0 aliphatic rings. The lowest BCUT2D eigenvalue weighted by Crippen LogP contribution is -2.38. The first-order chi connectivity index (χ1) is 13.2. The lowest BCUT2D eigenvalue weighted by atomic mass is 10.1. The standard InChI is InChI=1S/C20H30N4O3/c1-5-21-20(22-9-7-10-26-14-17-8-6-11-27-17)24-13-18-16(3)19(25-4)15(2)12-23-18/h6,8,11-12H,5,7,9-10,13-14H2,1-4H3,(H2,21,22,24). The molecule has 0 aliphatic heterocycles. The Morgan fingerprint density at radius 2 is 2.15 bits per heavy atom. The summed E-state index contributed by atoms with van der Waals surface area (Å²) in [6.45, 7) is 9.27. The van der Waals surface area contributed by atoms with Crippen molar-refractivity contribution >= 4 is 5.96 Å². The van der Waals surface area contributed by atoms with Crippen molar-refractivity contribution in [2.75, 3.05) is 26.8 Å². The average Bonchev–Trinajstić information content (AvgIpc) is 3.17. The van der Waals surface area contributed by atoms with Crippen molar-refractivity contribution in [3.63, 3.8) is 0 Å². The van der Waals surface area contributed by atoms with Crippen LogP contribution in [0.5, 0.6) is 5.75 Å². The fraction of sp³-hybridized carbons (Fsp3) is 0.500. The van der Waals surface area contributed by atoms with E-state index >= 15 is 0 Å². The zero-order chi connectivity index (χ0) is 19.5. The van der Waals surface area contributed by atoms with Gasteiger partial charge in [0.1, 0.15) is 18.1 Å². The van der Waals surface area contributed by atoms with Crippen LogP contribution in [-0.4, -0.2) is 37.7 Å². The largest absolute Gasteiger partial charge is 0.496 e. The minimum absolute atomic E-state index is 0.493. The summed E-state index contributed by atoms with van der Waals surface area (Å²) < 4.78 is 16.3. The number of pyridine rings is 1. The van der Waals surface area contributed by atoms with E-state index in [1.54, 1.807) is 13.4 Å². The van der Waals surface area contributed by atoms with Crippen LogP contribution in [0.2, 0.25) is 0 Å². The number of aromatic nitrogens is 1. The number of hydrogen-bond acceptors (Lipinski definition) is 5. The van der Waals surface area contributed by atoms with Crippen molar-refractivity contribution in [1.82, 2.24) is 15.6 Å². The quantitative estimate of drug-likeness (QED) is 0.378. The fourth-order valence-corrected chi connectivity index (χ4v) is 2.67. The van der Waals surface area contributed by atoms with Crippen LogP contribution < -0.4 is 15.4 Å². The summed E-state index contributed by atoms with van der Waals surface area (Å²) in [4.78, 5) is 9.12. The number of guanidine groups is 1. The molecule has 2 aromatic rings. The number of nitrogens with zero attached hydrogens (tertiary/aromatic N) is 2. The molecule has 0 radical (unpaired) electrons. The predicted octanol–water partition coefficient (Wildman–Crippen LogP) is 2.96. The molecule has 0 bridgehead atoms. The van der Waals surface area contributed by atoms with Gasteiger partial charge in [-0.3, -0.25) is 4.98 Å². The number of ether oxygens (including phenoxy) is 2. The minimum atomic E-state index is 0.493. The van der Waals surface area contributed by atoms with E-state index < -0.39 is 0 Å². The van der Waals surface area contributed by atoms with Crippen LogP contribution in [0.3, 0.4) is 0 Å². The molecule has 27 heavy (non-hydrogen) atoms. The number of furan rings is 1. The molecule has 0 saturated heterocycles. The molecular weight excluding hydrogens is 344 g/mol. The summed E-state index contributed by atoms with van der Waals surface area (Å²) in [6, 6.07) is 3.77. The van der Waals surface area contributed by atoms with E-state index in [0.717, 1.165) is 53.8 Å². The van der Waals surface area contributed by atoms with E-state index in [2.05, 4.69) is 20.6 Å². The van der Waals surface area contributed by atoms with Gasteiger partial charge in [0, 0.05) is 37.0 Å². The molecule has 7 heteroatoms. The average molecular weight is 374 g/mol. The van der Waals surface area contributed by atoms with Gasteiger partial charge in [0.25, 0.3) is 0 Å². The maximum absolute atomic E-state index is 5.58. The lowest BCUT2D eigenvalue weighted by Gasteiger charge is -2.13. The van der Waals surface area contributed by atoms with Gasteiger partial charge in [-0.2, -0.15) is 0 Å². The second-order valence-corrected chi connectivity index (χ2v) is 6.15. The summed E-state index contributed by atoms with van der Waals surface area (Å²) in [5.74, 6) is 2.49. The molecule has 0 amide bonds. The third kappa shape index (κ3) is 6.60. The Kier molecular flexibility index (Phi) is 8.64. The van der Waals surface area contributed by atoms with E-state index in [1.807, 2.05) is 39.1 Å². The summed E-state index contributed by atoms with van der Waals surface area (Å²) in [6.07, 6.45) is 4.35. The second-order valence-electron chi connectivity index (χ2n) is 6.15. The zero-order valence-electron chi connectivity index (χ0n) is 16.7. The first-order valence-corrected chi connectivity index (χ1v) is 9.27. The van der Waals surface area contributed by atoms with E-state index in [9.17, 15) is 0 Å². The number of aryl methyl sites for hydroxylation is 1. The summed E-state index contributed by atoms with van der Waals surface area (Å²) in [5, 5.41) is 6.57. The number of nitrogens with one attached hydrogen (secondary N) is 2. The van der Waals surface area contributed by atoms with Crippen LogP contribution in [0.25, 0.3) is 0 Å². The van der Waals surface area contributed by atoms with Crippen molar-refractivity contribution in [3.8, 4) is 5.75 Å². The highest BCUT2D eigenvalue weighted by molar-refractivity contribution is 5.79. The molecule has 7 nitrogen and oxygen atoms in total. The van der Waals surface area contributed by atoms with E-state index in [-0.39, 0.29) is 0 Å². The van der Waals surface area contributed by atoms with Gasteiger partial charge in [-0.25, -0.2) is 4.99 Å². The molecule has 0 aliphatic carbocycles. The molecule has 2 N–H and O–H groups in total. The highest BCUT2D eigenvalue weighted by atomic mass is 16.5. The molecule has 2 rings (SSSR count). The van der Waals surface area contributed by atoms with Gasteiger partial charge in [0.15, 0.2) is 5.96 Å². The Balaban J connectivity index is 1.80. The minimum Gasteiger partial charge on any atom is -0.496 e. The molecular formula is C20H30N4O3. The Bertz CT molecular complexity index is 714. The van der Waals surface area contributed by atoms with Gasteiger partial charge in [0.2, 0.25) is 0 Å². The molecule has 0 spiro atoms. The van der Waals surface area contributed by atoms with Crippen molar-refractivity contribution in [3.05, 3.63) is 47.2 Å². The van der Waals surface area contributed by atoms with E-state index in [0.29, 0.717) is 19.8 Å². The van der Waals surface area contributed by atoms with Crippen molar-refractivity contribution in [2.24, 2.45) is 4.99 Å². The third-order valence-corrected chi connectivity index (χ3v) is 4.06. The number of methoxy groups -OCH3 is 1. The lowest BCUT2D eigenvalue weighted by molar-refractivity contribution is 0.105. The van der Waals surface area contributed by atoms with E-state index in [4.69, 9.17) is 13.9 Å². The Hall–Kier alpha value is -2.54. The van der Waals surface area contributed by atoms with Crippen molar-refractivity contribution in [1.29, 1.82) is 0 Å². The molecule has 2 aromatic heterocycles. The Morgan fingerprint density at radius 1 is 1.30 bits per heavy atom. The van der Waals surface area contributed by atoms with Crippen LogP contribution in [0.4, 0.5) is 0 Å². The van der Waals surface area contributed by atoms with Gasteiger partial charge in [-0.15, -0.1) is 0 Å². The molecule has 0 fully saturated rings. The van der Waals surface area contributed by atoms with Gasteiger partial charge >= 0.3 is 0 Å². The SMILES string of the molecule is CCNC(=NCc1ncc(C)c(OC)c1C)NCCCOCc1ccco1. The van der Waals surface area contributed by atoms with Gasteiger partial charge < -0.3 is 24.5 Å². The zero-order valence-corrected chi connectivity index (χ0v) is 16.7. The monoisotopic (exact) mass is 374 g/mol. The summed E-state index contributed by atoms with van der Waals surface area (Å²) in [5.41, 5.74) is 2.97. The Labute approximate surface area is 161 Å².